The minimum atomic E-state index is -0.258. The number of rotatable bonds is 5. The lowest BCUT2D eigenvalue weighted by molar-refractivity contribution is -0.0411. The van der Waals surface area contributed by atoms with Gasteiger partial charge >= 0.3 is 0 Å². The number of pyridine rings is 1. The molecule has 0 fully saturated rings. The zero-order valence-corrected chi connectivity index (χ0v) is 18.0. The summed E-state index contributed by atoms with van der Waals surface area (Å²) in [6, 6.07) is 9.35. The van der Waals surface area contributed by atoms with Crippen molar-refractivity contribution in [3.8, 4) is 11.4 Å². The first-order valence-electron chi connectivity index (χ1n) is 9.78. The first-order valence-corrected chi connectivity index (χ1v) is 10.8. The van der Waals surface area contributed by atoms with Gasteiger partial charge in [-0.15, -0.1) is 0 Å². The van der Waals surface area contributed by atoms with Crippen molar-refractivity contribution >= 4 is 22.8 Å². The Labute approximate surface area is 174 Å². The van der Waals surface area contributed by atoms with Crippen molar-refractivity contribution in [3.05, 3.63) is 51.9 Å². The van der Waals surface area contributed by atoms with Crippen LogP contribution >= 0.6 is 11.8 Å². The maximum atomic E-state index is 13.5. The van der Waals surface area contributed by atoms with E-state index in [1.165, 1.54) is 0 Å². The van der Waals surface area contributed by atoms with Gasteiger partial charge in [0, 0.05) is 17.7 Å². The lowest BCUT2D eigenvalue weighted by Crippen LogP contribution is -2.33. The molecule has 0 atom stereocenters. The van der Waals surface area contributed by atoms with Crippen LogP contribution in [0.1, 0.15) is 38.4 Å². The number of fused-ring (bicyclic) bond motifs is 2. The van der Waals surface area contributed by atoms with Crippen LogP contribution in [0.15, 0.2) is 40.3 Å². The van der Waals surface area contributed by atoms with Crippen LogP contribution in [0.25, 0.3) is 16.7 Å². The number of benzene rings is 1. The molecule has 0 spiro atoms. The predicted octanol–water partition coefficient (Wildman–Crippen LogP) is 4.14. The van der Waals surface area contributed by atoms with Gasteiger partial charge in [0.05, 0.1) is 36.1 Å². The Morgan fingerprint density at radius 1 is 1.24 bits per heavy atom. The molecule has 0 aliphatic carbocycles. The van der Waals surface area contributed by atoms with Crippen LogP contribution in [-0.4, -0.2) is 33.0 Å². The summed E-state index contributed by atoms with van der Waals surface area (Å²) < 4.78 is 12.8. The molecule has 4 rings (SSSR count). The quantitative estimate of drug-likeness (QED) is 0.464. The second-order valence-electron chi connectivity index (χ2n) is 7.77. The van der Waals surface area contributed by atoms with E-state index in [-0.39, 0.29) is 11.2 Å². The Kier molecular flexibility index (Phi) is 5.36. The zero-order valence-electron chi connectivity index (χ0n) is 17.2. The third kappa shape index (κ3) is 3.89. The SMILES string of the molecule is CCCSc1nc2nc3c(cc2c(=O)n1-c1ccc(OC)cc1)COC(C)(C)C3. The van der Waals surface area contributed by atoms with E-state index in [9.17, 15) is 4.79 Å². The third-order valence-corrected chi connectivity index (χ3v) is 6.12. The molecule has 152 valence electrons. The highest BCUT2D eigenvalue weighted by Crippen LogP contribution is 2.29. The van der Waals surface area contributed by atoms with E-state index in [0.717, 1.165) is 34.9 Å². The fourth-order valence-corrected chi connectivity index (χ4v) is 4.28. The van der Waals surface area contributed by atoms with Crippen LogP contribution in [-0.2, 0) is 17.8 Å². The van der Waals surface area contributed by atoms with E-state index in [2.05, 4.69) is 20.8 Å². The number of aromatic nitrogens is 3. The number of methoxy groups -OCH3 is 1. The van der Waals surface area contributed by atoms with E-state index in [1.54, 1.807) is 23.4 Å². The summed E-state index contributed by atoms with van der Waals surface area (Å²) in [5, 5.41) is 1.18. The molecule has 0 bridgehead atoms. The van der Waals surface area contributed by atoms with E-state index >= 15 is 0 Å². The minimum Gasteiger partial charge on any atom is -0.497 e. The Bertz CT molecular complexity index is 1110. The average Bonchev–Trinajstić information content (AvgIpc) is 2.71. The maximum absolute atomic E-state index is 13.5. The van der Waals surface area contributed by atoms with Gasteiger partial charge in [-0.2, -0.15) is 0 Å². The summed E-state index contributed by atoms with van der Waals surface area (Å²) in [5.41, 5.74) is 2.83. The van der Waals surface area contributed by atoms with Crippen molar-refractivity contribution in [2.75, 3.05) is 12.9 Å². The molecular weight excluding hydrogens is 386 g/mol. The number of thioether (sulfide) groups is 1. The standard InChI is InChI=1S/C22H25N3O3S/c1-5-10-29-21-24-19-17(11-14-13-28-22(2,3)12-18(14)23-19)20(26)25(21)15-6-8-16(27-4)9-7-15/h6-9,11H,5,10,12-13H2,1-4H3. The van der Waals surface area contributed by atoms with Crippen LogP contribution in [0.3, 0.4) is 0 Å². The van der Waals surface area contributed by atoms with Crippen molar-refractivity contribution in [2.45, 2.75) is 51.0 Å². The normalized spacial score (nSPS) is 15.3. The summed E-state index contributed by atoms with van der Waals surface area (Å²) in [6.07, 6.45) is 1.70. The Morgan fingerprint density at radius 3 is 2.69 bits per heavy atom. The molecule has 3 aromatic rings. The fourth-order valence-electron chi connectivity index (χ4n) is 3.43. The molecule has 0 unspecified atom stereocenters. The van der Waals surface area contributed by atoms with Crippen LogP contribution in [0.2, 0.25) is 0 Å². The van der Waals surface area contributed by atoms with Gasteiger partial charge in [-0.25, -0.2) is 9.97 Å². The highest BCUT2D eigenvalue weighted by Gasteiger charge is 2.28. The summed E-state index contributed by atoms with van der Waals surface area (Å²) >= 11 is 1.57. The molecule has 29 heavy (non-hydrogen) atoms. The van der Waals surface area contributed by atoms with Crippen LogP contribution in [0, 0.1) is 0 Å². The third-order valence-electron chi connectivity index (χ3n) is 4.97. The molecule has 0 N–H and O–H groups in total. The molecule has 3 heterocycles. The first-order chi connectivity index (χ1) is 13.9. The molecule has 0 saturated carbocycles. The lowest BCUT2D eigenvalue weighted by Gasteiger charge is -2.31. The van der Waals surface area contributed by atoms with Crippen molar-refractivity contribution in [1.29, 1.82) is 0 Å². The van der Waals surface area contributed by atoms with Crippen molar-refractivity contribution in [1.82, 2.24) is 14.5 Å². The summed E-state index contributed by atoms with van der Waals surface area (Å²) in [7, 11) is 1.62. The van der Waals surface area contributed by atoms with Crippen molar-refractivity contribution < 1.29 is 9.47 Å². The molecule has 0 radical (unpaired) electrons. The first kappa shape index (κ1) is 19.9. The topological polar surface area (TPSA) is 66.2 Å². The second kappa shape index (κ2) is 7.80. The van der Waals surface area contributed by atoms with Crippen LogP contribution in [0.5, 0.6) is 5.75 Å². The van der Waals surface area contributed by atoms with E-state index in [1.807, 2.05) is 30.3 Å². The van der Waals surface area contributed by atoms with Gasteiger partial charge in [0.25, 0.3) is 5.56 Å². The number of ether oxygens (including phenoxy) is 2. The van der Waals surface area contributed by atoms with Crippen molar-refractivity contribution in [2.24, 2.45) is 0 Å². The van der Waals surface area contributed by atoms with Crippen molar-refractivity contribution in [3.63, 3.8) is 0 Å². The van der Waals surface area contributed by atoms with Gasteiger partial charge in [-0.3, -0.25) is 9.36 Å². The Balaban J connectivity index is 1.91. The molecule has 1 aliphatic rings. The highest BCUT2D eigenvalue weighted by atomic mass is 32.2. The van der Waals surface area contributed by atoms with Crippen LogP contribution in [0.4, 0.5) is 0 Å². The maximum Gasteiger partial charge on any atom is 0.268 e. The van der Waals surface area contributed by atoms with Gasteiger partial charge in [0.1, 0.15) is 5.75 Å². The summed E-state index contributed by atoms with van der Waals surface area (Å²) in [4.78, 5) is 23.0. The lowest BCUT2D eigenvalue weighted by atomic mass is 9.95. The number of hydrogen-bond donors (Lipinski definition) is 0. The number of hydrogen-bond acceptors (Lipinski definition) is 6. The molecule has 1 aliphatic heterocycles. The molecule has 0 amide bonds. The highest BCUT2D eigenvalue weighted by molar-refractivity contribution is 7.99. The summed E-state index contributed by atoms with van der Waals surface area (Å²) in [5.74, 6) is 1.62. The summed E-state index contributed by atoms with van der Waals surface area (Å²) in [6.45, 7) is 6.68. The second-order valence-corrected chi connectivity index (χ2v) is 8.83. The van der Waals surface area contributed by atoms with Gasteiger partial charge in [0.2, 0.25) is 0 Å². The smallest absolute Gasteiger partial charge is 0.268 e. The monoisotopic (exact) mass is 411 g/mol. The largest absolute Gasteiger partial charge is 0.497 e. The van der Waals surface area contributed by atoms with Gasteiger partial charge in [0.15, 0.2) is 10.8 Å². The molecule has 2 aromatic heterocycles. The molecule has 6 nitrogen and oxygen atoms in total. The van der Waals surface area contributed by atoms with Gasteiger partial charge < -0.3 is 9.47 Å². The molecular formula is C22H25N3O3S. The van der Waals surface area contributed by atoms with Gasteiger partial charge in [-0.1, -0.05) is 18.7 Å². The fraction of sp³-hybridized carbons (Fsp3) is 0.409. The predicted molar refractivity (Wildman–Crippen MR) is 115 cm³/mol. The minimum absolute atomic E-state index is 0.112. The molecule has 0 saturated heterocycles. The Morgan fingerprint density at radius 2 is 2.00 bits per heavy atom. The molecule has 1 aromatic carbocycles. The van der Waals surface area contributed by atoms with Crippen LogP contribution < -0.4 is 10.3 Å². The Hall–Kier alpha value is -2.38. The average molecular weight is 412 g/mol. The number of nitrogens with zero attached hydrogens (tertiary/aromatic N) is 3. The zero-order chi connectivity index (χ0) is 20.6. The van der Waals surface area contributed by atoms with E-state index < -0.39 is 0 Å². The van der Waals surface area contributed by atoms with E-state index in [4.69, 9.17) is 19.4 Å². The molecule has 7 heteroatoms. The van der Waals surface area contributed by atoms with Gasteiger partial charge in [-0.05, 0) is 50.6 Å². The van der Waals surface area contributed by atoms with E-state index in [0.29, 0.717) is 29.2 Å².